The van der Waals surface area contributed by atoms with Crippen molar-refractivity contribution in [3.8, 4) is 0 Å². The predicted molar refractivity (Wildman–Crippen MR) is 39.1 cm³/mol. The van der Waals surface area contributed by atoms with E-state index in [0.717, 1.165) is 0 Å². The van der Waals surface area contributed by atoms with Gasteiger partial charge < -0.3 is 4.74 Å². The molecule has 42 valence electrons. The zero-order chi connectivity index (χ0) is 7.99. The van der Waals surface area contributed by atoms with Crippen LogP contribution in [0.1, 0.15) is 6.42 Å². The maximum atomic E-state index is 10.7. The van der Waals surface area contributed by atoms with Crippen molar-refractivity contribution >= 4 is 37.4 Å². The fourth-order valence-electron chi connectivity index (χ4n) is 0.833. The maximum Gasteiger partial charge on any atom is 0.293 e. The summed E-state index contributed by atoms with van der Waals surface area (Å²) < 4.78 is 4.43. The van der Waals surface area contributed by atoms with Crippen LogP contribution in [0.15, 0.2) is 0 Å². The van der Waals surface area contributed by atoms with Crippen LogP contribution >= 0.6 is 0 Å². The number of rotatable bonds is 0. The molecular formula is C4H2B4O2. The Bertz CT molecular complexity index is 176. The number of carbonyl (C=O) groups is 1. The number of hydrogen-bond donors (Lipinski definition) is 0. The normalized spacial score (nSPS) is 27.8. The van der Waals surface area contributed by atoms with Gasteiger partial charge in [0.1, 0.15) is 15.7 Å². The summed E-state index contributed by atoms with van der Waals surface area (Å²) >= 11 is 0. The van der Waals surface area contributed by atoms with Crippen LogP contribution in [-0.2, 0) is 9.53 Å². The van der Waals surface area contributed by atoms with Crippen molar-refractivity contribution in [1.82, 2.24) is 0 Å². The zero-order valence-electron chi connectivity index (χ0n) is 5.33. The Morgan fingerprint density at radius 3 is 1.90 bits per heavy atom. The van der Waals surface area contributed by atoms with Gasteiger partial charge in [0, 0.05) is 5.40 Å². The molecule has 0 aromatic carbocycles. The summed E-state index contributed by atoms with van der Waals surface area (Å²) in [6, 6.07) is 0. The number of carbonyl (C=O) groups excluding carboxylic acids is 1. The largest absolute Gasteiger partial charge is 0.480 e. The van der Waals surface area contributed by atoms with Crippen LogP contribution in [0.2, 0.25) is 5.21 Å². The summed E-state index contributed by atoms with van der Waals surface area (Å²) in [6.45, 7) is 0. The summed E-state index contributed by atoms with van der Waals surface area (Å²) in [6.07, 6.45) is -0.0706. The average molecular weight is 125 g/mol. The molecule has 6 heteroatoms. The van der Waals surface area contributed by atoms with Gasteiger partial charge in [0.25, 0.3) is 5.97 Å². The second-order valence-electron chi connectivity index (χ2n) is 2.56. The van der Waals surface area contributed by atoms with Gasteiger partial charge in [-0.15, -0.1) is 0 Å². The quantitative estimate of drug-likeness (QED) is 0.287. The number of esters is 1. The number of ether oxygens (including phenoxy) is 1. The van der Waals surface area contributed by atoms with E-state index >= 15 is 0 Å². The van der Waals surface area contributed by atoms with Gasteiger partial charge in [-0.2, -0.15) is 0 Å². The van der Waals surface area contributed by atoms with Gasteiger partial charge >= 0.3 is 0 Å². The first-order valence-electron chi connectivity index (χ1n) is 2.72. The summed E-state index contributed by atoms with van der Waals surface area (Å²) in [7, 11) is 20.9. The Kier molecular flexibility index (Phi) is 1.46. The Morgan fingerprint density at radius 2 is 1.80 bits per heavy atom. The molecule has 2 nitrogen and oxygen atoms in total. The van der Waals surface area contributed by atoms with Crippen molar-refractivity contribution in [3.63, 3.8) is 0 Å². The second kappa shape index (κ2) is 1.86. The van der Waals surface area contributed by atoms with Gasteiger partial charge in [0.15, 0.2) is 0 Å². The van der Waals surface area contributed by atoms with Crippen LogP contribution in [0.5, 0.6) is 0 Å². The molecule has 1 fully saturated rings. The van der Waals surface area contributed by atoms with Gasteiger partial charge in [-0.3, -0.25) is 4.79 Å². The lowest BCUT2D eigenvalue weighted by atomic mass is 9.47. The third kappa shape index (κ3) is 1.25. The average Bonchev–Trinajstić information content (AvgIpc) is 1.73. The van der Waals surface area contributed by atoms with Crippen molar-refractivity contribution in [2.24, 2.45) is 0 Å². The van der Waals surface area contributed by atoms with Crippen molar-refractivity contribution in [3.05, 3.63) is 0 Å². The van der Waals surface area contributed by atoms with E-state index in [0.29, 0.717) is 0 Å². The van der Waals surface area contributed by atoms with Crippen LogP contribution in [0.25, 0.3) is 0 Å². The molecule has 8 radical (unpaired) electrons. The van der Waals surface area contributed by atoms with Crippen molar-refractivity contribution in [2.45, 2.75) is 17.0 Å². The molecule has 0 N–H and O–H groups in total. The molecule has 0 aromatic rings. The molecule has 1 aliphatic heterocycles. The van der Waals surface area contributed by atoms with Gasteiger partial charge in [-0.25, -0.2) is 0 Å². The molecule has 0 saturated carbocycles. The fourth-order valence-corrected chi connectivity index (χ4v) is 0.833. The SMILES string of the molecule is [B]C1([B])CC([B])([B])C(=O)O1. The summed E-state index contributed by atoms with van der Waals surface area (Å²) in [5, 5.41) is -3.02. The molecule has 1 rings (SSSR count). The third-order valence-corrected chi connectivity index (χ3v) is 1.23. The van der Waals surface area contributed by atoms with E-state index in [1.54, 1.807) is 0 Å². The molecule has 0 aliphatic carbocycles. The third-order valence-electron chi connectivity index (χ3n) is 1.23. The first kappa shape index (κ1) is 7.83. The summed E-state index contributed by atoms with van der Waals surface area (Å²) in [4.78, 5) is 10.7. The van der Waals surface area contributed by atoms with Crippen LogP contribution in [0, 0.1) is 0 Å². The maximum absolute atomic E-state index is 10.7. The molecule has 1 saturated heterocycles. The molecule has 0 bridgehead atoms. The fraction of sp³-hybridized carbons (Fsp3) is 0.750. The Hall–Kier alpha value is -0.270. The van der Waals surface area contributed by atoms with Gasteiger partial charge in [0.05, 0.1) is 15.7 Å². The van der Waals surface area contributed by atoms with Gasteiger partial charge in [0.2, 0.25) is 0 Å². The van der Waals surface area contributed by atoms with Crippen molar-refractivity contribution in [2.75, 3.05) is 0 Å². The zero-order valence-corrected chi connectivity index (χ0v) is 5.33. The predicted octanol–water partition coefficient (Wildman–Crippen LogP) is -1.62. The Balaban J connectivity index is 2.81. The van der Waals surface area contributed by atoms with E-state index in [4.69, 9.17) is 31.4 Å². The van der Waals surface area contributed by atoms with Crippen LogP contribution < -0.4 is 0 Å². The highest BCUT2D eigenvalue weighted by atomic mass is 16.6. The lowest BCUT2D eigenvalue weighted by Gasteiger charge is -2.17. The van der Waals surface area contributed by atoms with E-state index in [1.165, 1.54) is 0 Å². The molecule has 1 heterocycles. The van der Waals surface area contributed by atoms with Gasteiger partial charge in [-0.05, 0) is 11.6 Å². The number of cyclic esters (lactones) is 1. The van der Waals surface area contributed by atoms with Crippen molar-refractivity contribution in [1.29, 1.82) is 0 Å². The lowest BCUT2D eigenvalue weighted by molar-refractivity contribution is -0.141. The highest BCUT2D eigenvalue weighted by Crippen LogP contribution is 2.37. The number of hydrogen-bond acceptors (Lipinski definition) is 2. The summed E-state index contributed by atoms with van der Waals surface area (Å²) in [5.41, 5.74) is 0. The molecule has 0 atom stereocenters. The van der Waals surface area contributed by atoms with Crippen molar-refractivity contribution < 1.29 is 9.53 Å². The Morgan fingerprint density at radius 1 is 1.30 bits per heavy atom. The highest BCUT2D eigenvalue weighted by Gasteiger charge is 2.43. The molecule has 0 amide bonds. The monoisotopic (exact) mass is 126 g/mol. The van der Waals surface area contributed by atoms with Crippen LogP contribution in [0.3, 0.4) is 0 Å². The van der Waals surface area contributed by atoms with E-state index in [1.807, 2.05) is 0 Å². The molecule has 10 heavy (non-hydrogen) atoms. The van der Waals surface area contributed by atoms with Crippen LogP contribution in [-0.4, -0.2) is 42.8 Å². The molecule has 0 aromatic heterocycles. The minimum absolute atomic E-state index is 0.0706. The van der Waals surface area contributed by atoms with Crippen LogP contribution in [0.4, 0.5) is 0 Å². The first-order chi connectivity index (χ1) is 4.33. The Labute approximate surface area is 64.7 Å². The molecular weight excluding hydrogens is 123 g/mol. The molecule has 0 unspecified atom stereocenters. The minimum atomic E-state index is -1.52. The van der Waals surface area contributed by atoms with Gasteiger partial charge in [-0.1, -0.05) is 0 Å². The van der Waals surface area contributed by atoms with E-state index in [-0.39, 0.29) is 6.42 Å². The topological polar surface area (TPSA) is 26.3 Å². The lowest BCUT2D eigenvalue weighted by Crippen LogP contribution is -2.29. The first-order valence-corrected chi connectivity index (χ1v) is 2.72. The smallest absolute Gasteiger partial charge is 0.293 e. The van der Waals surface area contributed by atoms with E-state index in [9.17, 15) is 4.79 Å². The van der Waals surface area contributed by atoms with E-state index in [2.05, 4.69) is 4.74 Å². The highest BCUT2D eigenvalue weighted by molar-refractivity contribution is 6.53. The molecule has 1 aliphatic rings. The molecule has 0 spiro atoms. The summed E-state index contributed by atoms with van der Waals surface area (Å²) in [5.74, 6) is -0.766. The standard InChI is InChI=1S/C4H2B4O2/c5-3(6)1-4(7,8)10-2(3)9/h1H2. The second-order valence-corrected chi connectivity index (χ2v) is 2.56. The minimum Gasteiger partial charge on any atom is -0.480 e. The van der Waals surface area contributed by atoms with E-state index < -0.39 is 16.6 Å².